The fourth-order valence-corrected chi connectivity index (χ4v) is 0.725. The van der Waals surface area contributed by atoms with E-state index in [1.165, 1.54) is 6.20 Å². The Morgan fingerprint density at radius 2 is 2.42 bits per heavy atom. The predicted molar refractivity (Wildman–Crippen MR) is 42.1 cm³/mol. The standard InChI is InChI=1S/C8H7N3O/c1-6-2-3-7(4-10-6)8(12)11-5-9/h2-4H,1H3,(H,11,12). The van der Waals surface area contributed by atoms with Crippen LogP contribution >= 0.6 is 0 Å². The number of nitrogens with one attached hydrogen (secondary N) is 1. The van der Waals surface area contributed by atoms with Gasteiger partial charge in [0.1, 0.15) is 0 Å². The third kappa shape index (κ3) is 1.80. The van der Waals surface area contributed by atoms with Crippen molar-refractivity contribution in [3.8, 4) is 6.19 Å². The summed E-state index contributed by atoms with van der Waals surface area (Å²) in [5, 5.41) is 10.2. The van der Waals surface area contributed by atoms with Crippen molar-refractivity contribution in [2.75, 3.05) is 0 Å². The molecule has 0 bridgehead atoms. The first kappa shape index (κ1) is 8.21. The van der Waals surface area contributed by atoms with Gasteiger partial charge in [0, 0.05) is 11.9 Å². The predicted octanol–water partition coefficient (Wildman–Crippen LogP) is 0.601. The van der Waals surface area contributed by atoms with Crippen molar-refractivity contribution in [3.63, 3.8) is 0 Å². The molecule has 12 heavy (non-hydrogen) atoms. The third-order valence-electron chi connectivity index (χ3n) is 1.34. The highest BCUT2D eigenvalue weighted by molar-refractivity contribution is 5.94. The van der Waals surface area contributed by atoms with Crippen LogP contribution in [-0.2, 0) is 0 Å². The molecule has 0 spiro atoms. The van der Waals surface area contributed by atoms with E-state index in [2.05, 4.69) is 4.98 Å². The number of aryl methyl sites for hydroxylation is 1. The van der Waals surface area contributed by atoms with Crippen LogP contribution in [-0.4, -0.2) is 10.9 Å². The highest BCUT2D eigenvalue weighted by atomic mass is 16.1. The molecule has 0 unspecified atom stereocenters. The van der Waals surface area contributed by atoms with Crippen LogP contribution in [0.15, 0.2) is 18.3 Å². The van der Waals surface area contributed by atoms with Crippen LogP contribution in [0.2, 0.25) is 0 Å². The van der Waals surface area contributed by atoms with Gasteiger partial charge in [0.15, 0.2) is 6.19 Å². The number of hydrogen-bond acceptors (Lipinski definition) is 3. The summed E-state index contributed by atoms with van der Waals surface area (Å²) < 4.78 is 0. The van der Waals surface area contributed by atoms with Crippen LogP contribution in [0.5, 0.6) is 0 Å². The lowest BCUT2D eigenvalue weighted by Crippen LogP contribution is -2.17. The van der Waals surface area contributed by atoms with E-state index in [1.54, 1.807) is 18.3 Å². The summed E-state index contributed by atoms with van der Waals surface area (Å²) in [5.74, 6) is -0.426. The van der Waals surface area contributed by atoms with Gasteiger partial charge in [-0.25, -0.2) is 0 Å². The molecule has 1 N–H and O–H groups in total. The first-order valence-corrected chi connectivity index (χ1v) is 3.36. The first-order chi connectivity index (χ1) is 5.74. The molecule has 1 heterocycles. The average molecular weight is 161 g/mol. The van der Waals surface area contributed by atoms with Crippen molar-refractivity contribution in [1.29, 1.82) is 5.26 Å². The molecule has 0 aliphatic carbocycles. The largest absolute Gasteiger partial charge is 0.268 e. The van der Waals surface area contributed by atoms with E-state index in [-0.39, 0.29) is 0 Å². The van der Waals surface area contributed by atoms with Gasteiger partial charge in [-0.2, -0.15) is 5.26 Å². The molecule has 0 fully saturated rings. The monoisotopic (exact) mass is 161 g/mol. The van der Waals surface area contributed by atoms with Gasteiger partial charge < -0.3 is 0 Å². The summed E-state index contributed by atoms with van der Waals surface area (Å²) in [6.07, 6.45) is 2.99. The van der Waals surface area contributed by atoms with Crippen LogP contribution in [0.3, 0.4) is 0 Å². The van der Waals surface area contributed by atoms with Crippen LogP contribution in [0.25, 0.3) is 0 Å². The Hall–Kier alpha value is -1.89. The van der Waals surface area contributed by atoms with E-state index in [4.69, 9.17) is 5.26 Å². The van der Waals surface area contributed by atoms with Gasteiger partial charge in [-0.3, -0.25) is 15.1 Å². The van der Waals surface area contributed by atoms with Gasteiger partial charge in [0.05, 0.1) is 5.56 Å². The number of nitrogens with zero attached hydrogens (tertiary/aromatic N) is 2. The number of nitriles is 1. The molecule has 1 aromatic rings. The number of aromatic nitrogens is 1. The molecule has 1 aromatic heterocycles. The Morgan fingerprint density at radius 3 is 2.92 bits per heavy atom. The lowest BCUT2D eigenvalue weighted by molar-refractivity contribution is 0.0972. The second-order valence-corrected chi connectivity index (χ2v) is 2.25. The average Bonchev–Trinajstić information content (AvgIpc) is 2.06. The third-order valence-corrected chi connectivity index (χ3v) is 1.34. The first-order valence-electron chi connectivity index (χ1n) is 3.36. The Balaban J connectivity index is 2.84. The summed E-state index contributed by atoms with van der Waals surface area (Å²) >= 11 is 0. The molecule has 0 saturated carbocycles. The number of carbonyl (C=O) groups excluding carboxylic acids is 1. The molecule has 0 radical (unpaired) electrons. The minimum atomic E-state index is -0.426. The molecular weight excluding hydrogens is 154 g/mol. The van der Waals surface area contributed by atoms with E-state index in [0.717, 1.165) is 5.69 Å². The lowest BCUT2D eigenvalue weighted by atomic mass is 10.2. The van der Waals surface area contributed by atoms with Crippen LogP contribution in [0.4, 0.5) is 0 Å². The summed E-state index contributed by atoms with van der Waals surface area (Å²) in [4.78, 5) is 14.9. The van der Waals surface area contributed by atoms with Gasteiger partial charge in [-0.05, 0) is 19.1 Å². The lowest BCUT2D eigenvalue weighted by Gasteiger charge is -1.96. The summed E-state index contributed by atoms with van der Waals surface area (Å²) in [6, 6.07) is 3.33. The van der Waals surface area contributed by atoms with Gasteiger partial charge in [-0.1, -0.05) is 0 Å². The quantitative estimate of drug-likeness (QED) is 0.484. The van der Waals surface area contributed by atoms with Crippen molar-refractivity contribution in [2.45, 2.75) is 6.92 Å². The molecular formula is C8H7N3O. The number of rotatable bonds is 1. The molecule has 4 heteroatoms. The van der Waals surface area contributed by atoms with E-state index < -0.39 is 5.91 Å². The Morgan fingerprint density at radius 1 is 1.67 bits per heavy atom. The molecule has 4 nitrogen and oxygen atoms in total. The van der Waals surface area contributed by atoms with Crippen molar-refractivity contribution in [3.05, 3.63) is 29.6 Å². The topological polar surface area (TPSA) is 65.8 Å². The minimum absolute atomic E-state index is 0.391. The fourth-order valence-electron chi connectivity index (χ4n) is 0.725. The number of carbonyl (C=O) groups is 1. The zero-order valence-corrected chi connectivity index (χ0v) is 6.53. The second-order valence-electron chi connectivity index (χ2n) is 2.25. The van der Waals surface area contributed by atoms with Crippen molar-refractivity contribution in [1.82, 2.24) is 10.3 Å². The van der Waals surface area contributed by atoms with Gasteiger partial charge in [0.2, 0.25) is 0 Å². The van der Waals surface area contributed by atoms with Gasteiger partial charge >= 0.3 is 0 Å². The molecule has 1 amide bonds. The molecule has 0 aliphatic rings. The zero-order valence-electron chi connectivity index (χ0n) is 6.53. The van der Waals surface area contributed by atoms with E-state index >= 15 is 0 Å². The molecule has 1 rings (SSSR count). The molecule has 0 atom stereocenters. The maximum Gasteiger partial charge on any atom is 0.265 e. The Kier molecular flexibility index (Phi) is 2.38. The van der Waals surface area contributed by atoms with Crippen LogP contribution in [0, 0.1) is 18.4 Å². The normalized spacial score (nSPS) is 8.67. The Labute approximate surface area is 69.8 Å². The van der Waals surface area contributed by atoms with Gasteiger partial charge in [0.25, 0.3) is 5.91 Å². The molecule has 0 saturated heterocycles. The number of pyridine rings is 1. The van der Waals surface area contributed by atoms with Crippen molar-refractivity contribution < 1.29 is 4.79 Å². The highest BCUT2D eigenvalue weighted by Gasteiger charge is 2.02. The molecule has 60 valence electrons. The minimum Gasteiger partial charge on any atom is -0.268 e. The maximum atomic E-state index is 11.0. The zero-order chi connectivity index (χ0) is 8.97. The number of hydrogen-bond donors (Lipinski definition) is 1. The smallest absolute Gasteiger partial charge is 0.265 e. The SMILES string of the molecule is Cc1ccc(C(=O)NC#N)cn1. The number of amides is 1. The van der Waals surface area contributed by atoms with Crippen molar-refractivity contribution in [2.24, 2.45) is 0 Å². The summed E-state index contributed by atoms with van der Waals surface area (Å²) in [7, 11) is 0. The van der Waals surface area contributed by atoms with Crippen LogP contribution in [0.1, 0.15) is 16.1 Å². The van der Waals surface area contributed by atoms with E-state index in [1.807, 2.05) is 12.2 Å². The van der Waals surface area contributed by atoms with E-state index in [0.29, 0.717) is 5.56 Å². The maximum absolute atomic E-state index is 11.0. The second kappa shape index (κ2) is 3.49. The Bertz CT molecular complexity index is 323. The van der Waals surface area contributed by atoms with Crippen LogP contribution < -0.4 is 5.32 Å². The van der Waals surface area contributed by atoms with Gasteiger partial charge in [-0.15, -0.1) is 0 Å². The molecule has 0 aliphatic heterocycles. The van der Waals surface area contributed by atoms with Crippen molar-refractivity contribution >= 4 is 5.91 Å². The fraction of sp³-hybridized carbons (Fsp3) is 0.125. The summed E-state index contributed by atoms with van der Waals surface area (Å²) in [6.45, 7) is 1.83. The van der Waals surface area contributed by atoms with E-state index in [9.17, 15) is 4.79 Å². The summed E-state index contributed by atoms with van der Waals surface area (Å²) in [5.41, 5.74) is 1.23. The highest BCUT2D eigenvalue weighted by Crippen LogP contribution is 1.98. The molecule has 0 aromatic carbocycles.